The van der Waals surface area contributed by atoms with Gasteiger partial charge in [-0.05, 0) is 90.4 Å². The molecular weight excluding hydrogens is 520 g/mol. The van der Waals surface area contributed by atoms with Crippen LogP contribution in [0, 0.1) is 9.52 Å². The Hall–Kier alpha value is -2.26. The van der Waals surface area contributed by atoms with E-state index in [1.54, 1.807) is 12.1 Å². The summed E-state index contributed by atoms with van der Waals surface area (Å²) in [5.74, 6) is -0.486. The van der Waals surface area contributed by atoms with Crippen molar-refractivity contribution in [2.75, 3.05) is 32.8 Å². The highest BCUT2D eigenvalue weighted by Crippen LogP contribution is 2.24. The number of amides is 1. The van der Waals surface area contributed by atoms with Gasteiger partial charge in [0.1, 0.15) is 6.61 Å². The molecule has 1 N–H and O–H groups in total. The molecule has 0 saturated carbocycles. The largest absolute Gasteiger partial charge is 0.487 e. The zero-order valence-corrected chi connectivity index (χ0v) is 20.7. The van der Waals surface area contributed by atoms with E-state index in [1.165, 1.54) is 20.9 Å². The minimum Gasteiger partial charge on any atom is -0.487 e. The molecule has 1 aromatic carbocycles. The summed E-state index contributed by atoms with van der Waals surface area (Å²) in [5, 5.41) is 3.05. The molecule has 0 atom stereocenters. The summed E-state index contributed by atoms with van der Waals surface area (Å²) in [6.45, 7) is 7.12. The number of likely N-dealkylation sites (N-methyl/N-ethyl adjacent to an activating group) is 1. The maximum atomic E-state index is 13.5. The molecule has 5 nitrogen and oxygen atoms in total. The predicted octanol–water partition coefficient (Wildman–Crippen LogP) is 4.62. The number of benzene rings is 1. The van der Waals surface area contributed by atoms with Crippen molar-refractivity contribution < 1.29 is 13.9 Å². The smallest absolute Gasteiger partial charge is 0.255 e. The van der Waals surface area contributed by atoms with Gasteiger partial charge in [-0.2, -0.15) is 4.39 Å². The lowest BCUT2D eigenvalue weighted by atomic mass is 9.94. The SMILES string of the molecule is CCN(CCNC(=O)C1=C(C)CCc2ccc(I)cc2C=C1)CCOc1cccnc1F. The van der Waals surface area contributed by atoms with Crippen molar-refractivity contribution in [1.29, 1.82) is 0 Å². The molecule has 1 amide bonds. The van der Waals surface area contributed by atoms with E-state index in [0.717, 1.165) is 30.5 Å². The Kier molecular flexibility index (Phi) is 9.23. The van der Waals surface area contributed by atoms with Gasteiger partial charge in [-0.3, -0.25) is 9.69 Å². The molecule has 1 aliphatic rings. The maximum Gasteiger partial charge on any atom is 0.255 e. The number of fused-ring (bicyclic) bond motifs is 1. The zero-order chi connectivity index (χ0) is 22.9. The first-order valence-corrected chi connectivity index (χ1v) is 12.0. The third-order valence-corrected chi connectivity index (χ3v) is 6.23. The number of halogens is 2. The van der Waals surface area contributed by atoms with Gasteiger partial charge in [-0.1, -0.05) is 24.6 Å². The molecule has 32 heavy (non-hydrogen) atoms. The molecule has 1 aromatic heterocycles. The monoisotopic (exact) mass is 549 g/mol. The lowest BCUT2D eigenvalue weighted by Crippen LogP contribution is -2.37. The topological polar surface area (TPSA) is 54.5 Å². The van der Waals surface area contributed by atoms with E-state index >= 15 is 0 Å². The molecule has 0 aliphatic heterocycles. The number of carbonyl (C=O) groups excluding carboxylic acids is 1. The second-order valence-electron chi connectivity index (χ2n) is 7.70. The van der Waals surface area contributed by atoms with Crippen molar-refractivity contribution in [2.45, 2.75) is 26.7 Å². The summed E-state index contributed by atoms with van der Waals surface area (Å²) in [5.41, 5.74) is 4.33. The lowest BCUT2D eigenvalue weighted by molar-refractivity contribution is -0.117. The number of carbonyl (C=O) groups is 1. The third-order valence-electron chi connectivity index (χ3n) is 5.56. The molecule has 170 valence electrons. The Bertz CT molecular complexity index is 1010. The number of rotatable bonds is 9. The highest BCUT2D eigenvalue weighted by atomic mass is 127. The second kappa shape index (κ2) is 12.1. The number of hydrogen-bond acceptors (Lipinski definition) is 4. The van der Waals surface area contributed by atoms with Gasteiger partial charge in [-0.15, -0.1) is 0 Å². The Morgan fingerprint density at radius 1 is 1.25 bits per heavy atom. The average molecular weight is 549 g/mol. The fourth-order valence-electron chi connectivity index (χ4n) is 3.60. The minimum absolute atomic E-state index is 0.0439. The van der Waals surface area contributed by atoms with Crippen molar-refractivity contribution in [2.24, 2.45) is 0 Å². The van der Waals surface area contributed by atoms with E-state index in [9.17, 15) is 9.18 Å². The number of aryl methyl sites for hydroxylation is 1. The Balaban J connectivity index is 1.50. The first-order valence-electron chi connectivity index (χ1n) is 10.9. The summed E-state index contributed by atoms with van der Waals surface area (Å²) >= 11 is 2.31. The lowest BCUT2D eigenvalue weighted by Gasteiger charge is -2.21. The summed E-state index contributed by atoms with van der Waals surface area (Å²) in [6.07, 6.45) is 7.17. The molecule has 0 spiro atoms. The van der Waals surface area contributed by atoms with Crippen molar-refractivity contribution in [3.8, 4) is 5.75 Å². The van der Waals surface area contributed by atoms with Crippen molar-refractivity contribution in [1.82, 2.24) is 15.2 Å². The van der Waals surface area contributed by atoms with E-state index < -0.39 is 5.95 Å². The van der Waals surface area contributed by atoms with Gasteiger partial charge in [0.25, 0.3) is 11.9 Å². The van der Waals surface area contributed by atoms with Crippen LogP contribution in [0.1, 0.15) is 31.4 Å². The number of ether oxygens (including phenoxy) is 1. The molecule has 2 aromatic rings. The molecule has 0 radical (unpaired) electrons. The zero-order valence-electron chi connectivity index (χ0n) is 18.5. The highest BCUT2D eigenvalue weighted by molar-refractivity contribution is 14.1. The van der Waals surface area contributed by atoms with Crippen molar-refractivity contribution in [3.05, 3.63) is 74.4 Å². The van der Waals surface area contributed by atoms with Crippen molar-refractivity contribution >= 4 is 34.6 Å². The number of aromatic nitrogens is 1. The number of hydrogen-bond donors (Lipinski definition) is 1. The summed E-state index contributed by atoms with van der Waals surface area (Å²) in [4.78, 5) is 18.6. The fourth-order valence-corrected chi connectivity index (χ4v) is 4.12. The van der Waals surface area contributed by atoms with Gasteiger partial charge in [0.05, 0.1) is 0 Å². The molecule has 1 heterocycles. The molecule has 3 rings (SSSR count). The highest BCUT2D eigenvalue weighted by Gasteiger charge is 2.14. The molecule has 1 aliphatic carbocycles. The standard InChI is InChI=1S/C25H29FIN3O2/c1-3-30(15-16-32-23-5-4-12-28-24(23)26)14-13-29-25(31)22-11-9-20-17-21(27)10-8-19(20)7-6-18(22)2/h4-5,8-12,17H,3,6-7,13-16H2,1-2H3,(H,29,31). The maximum absolute atomic E-state index is 13.5. The van der Waals surface area contributed by atoms with Crippen LogP contribution in [-0.4, -0.2) is 48.6 Å². The van der Waals surface area contributed by atoms with Gasteiger partial charge in [0.15, 0.2) is 5.75 Å². The molecule has 0 unspecified atom stereocenters. The van der Waals surface area contributed by atoms with Crippen LogP contribution in [0.25, 0.3) is 6.08 Å². The van der Waals surface area contributed by atoms with Crippen LogP contribution >= 0.6 is 22.6 Å². The normalized spacial score (nSPS) is 13.5. The van der Waals surface area contributed by atoms with Gasteiger partial charge in [0.2, 0.25) is 0 Å². The van der Waals surface area contributed by atoms with Gasteiger partial charge >= 0.3 is 0 Å². The van der Waals surface area contributed by atoms with Gasteiger partial charge < -0.3 is 10.1 Å². The molecule has 0 fully saturated rings. The molecular formula is C25H29FIN3O2. The summed E-state index contributed by atoms with van der Waals surface area (Å²) < 4.78 is 20.2. The van der Waals surface area contributed by atoms with E-state index in [4.69, 9.17) is 4.74 Å². The van der Waals surface area contributed by atoms with Crippen molar-refractivity contribution in [3.63, 3.8) is 0 Å². The van der Waals surface area contributed by atoms with Crippen LogP contribution in [-0.2, 0) is 11.2 Å². The van der Waals surface area contributed by atoms with E-state index in [1.807, 2.05) is 19.1 Å². The third kappa shape index (κ3) is 6.87. The van der Waals surface area contributed by atoms with Crippen LogP contribution in [0.2, 0.25) is 0 Å². The van der Waals surface area contributed by atoms with Crippen LogP contribution in [0.3, 0.4) is 0 Å². The quantitative estimate of drug-likeness (QED) is 0.367. The first-order chi connectivity index (χ1) is 15.5. The number of pyridine rings is 1. The van der Waals surface area contributed by atoms with Crippen LogP contribution in [0.5, 0.6) is 5.75 Å². The van der Waals surface area contributed by atoms with Crippen LogP contribution in [0.15, 0.2) is 53.8 Å². The Morgan fingerprint density at radius 2 is 2.09 bits per heavy atom. The minimum atomic E-state index is -0.601. The summed E-state index contributed by atoms with van der Waals surface area (Å²) in [6, 6.07) is 9.66. The molecule has 7 heteroatoms. The number of nitrogens with one attached hydrogen (secondary N) is 1. The van der Waals surface area contributed by atoms with E-state index in [-0.39, 0.29) is 11.7 Å². The molecule has 0 saturated heterocycles. The van der Waals surface area contributed by atoms with Gasteiger partial charge in [-0.25, -0.2) is 4.98 Å². The van der Waals surface area contributed by atoms with E-state index in [0.29, 0.717) is 26.2 Å². The Morgan fingerprint density at radius 3 is 2.88 bits per heavy atom. The fraction of sp³-hybridized carbons (Fsp3) is 0.360. The van der Waals surface area contributed by atoms with Gasteiger partial charge in [0, 0.05) is 35.0 Å². The average Bonchev–Trinajstić information content (AvgIpc) is 2.77. The first kappa shape index (κ1) is 24.4. The predicted molar refractivity (Wildman–Crippen MR) is 134 cm³/mol. The van der Waals surface area contributed by atoms with E-state index in [2.05, 4.69) is 62.9 Å². The number of allylic oxidation sites excluding steroid dienone is 1. The molecule has 0 bridgehead atoms. The van der Waals surface area contributed by atoms with Crippen LogP contribution < -0.4 is 10.1 Å². The summed E-state index contributed by atoms with van der Waals surface area (Å²) in [7, 11) is 0. The Labute approximate surface area is 202 Å². The number of nitrogens with zero attached hydrogens (tertiary/aromatic N) is 2. The second-order valence-corrected chi connectivity index (χ2v) is 8.95. The van der Waals surface area contributed by atoms with Crippen LogP contribution in [0.4, 0.5) is 4.39 Å².